The van der Waals surface area contributed by atoms with Gasteiger partial charge in [0.15, 0.2) is 0 Å². The van der Waals surface area contributed by atoms with Gasteiger partial charge in [0.05, 0.1) is 18.3 Å². The molecular weight excluding hydrogens is 296 g/mol. The minimum atomic E-state index is 0.00969. The topological polar surface area (TPSA) is 42.7 Å². The number of nitrogens with one attached hydrogen (secondary N) is 1. The summed E-state index contributed by atoms with van der Waals surface area (Å²) in [6.07, 6.45) is 5.55. The van der Waals surface area contributed by atoms with Gasteiger partial charge < -0.3 is 5.32 Å². The summed E-state index contributed by atoms with van der Waals surface area (Å²) in [6.45, 7) is 1.59. The molecule has 1 N–H and O–H groups in total. The molecule has 0 bridgehead atoms. The van der Waals surface area contributed by atoms with Gasteiger partial charge in [0.2, 0.25) is 0 Å². The Morgan fingerprint density at radius 1 is 1.09 bits per heavy atom. The number of hydrogen-bond donors (Lipinski definition) is 1. The lowest BCUT2D eigenvalue weighted by molar-refractivity contribution is 0.517. The van der Waals surface area contributed by atoms with Crippen LogP contribution >= 0.6 is 11.6 Å². The maximum Gasteiger partial charge on any atom is 0.0752 e. The van der Waals surface area contributed by atoms with E-state index in [1.54, 1.807) is 6.20 Å². The fourth-order valence-corrected chi connectivity index (χ4v) is 2.58. The Labute approximate surface area is 134 Å². The van der Waals surface area contributed by atoms with Crippen LogP contribution < -0.4 is 5.32 Å². The van der Waals surface area contributed by atoms with Gasteiger partial charge in [-0.1, -0.05) is 29.8 Å². The first-order valence-corrected chi connectivity index (χ1v) is 7.58. The summed E-state index contributed by atoms with van der Waals surface area (Å²) in [5.74, 6) is 0. The Balaban J connectivity index is 1.77. The summed E-state index contributed by atoms with van der Waals surface area (Å²) in [6, 6.07) is 15.7. The van der Waals surface area contributed by atoms with Crippen LogP contribution in [-0.2, 0) is 6.54 Å². The highest BCUT2D eigenvalue weighted by molar-refractivity contribution is 6.30. The normalized spacial score (nSPS) is 12.2. The van der Waals surface area contributed by atoms with Crippen molar-refractivity contribution in [3.8, 4) is 0 Å². The first-order chi connectivity index (χ1) is 10.8. The van der Waals surface area contributed by atoms with E-state index in [4.69, 9.17) is 11.6 Å². The monoisotopic (exact) mass is 312 g/mol. The molecule has 0 aliphatic heterocycles. The van der Waals surface area contributed by atoms with Crippen molar-refractivity contribution in [2.24, 2.45) is 0 Å². The van der Waals surface area contributed by atoms with Crippen LogP contribution in [0.25, 0.3) is 0 Å². The van der Waals surface area contributed by atoms with Gasteiger partial charge in [0.25, 0.3) is 0 Å². The van der Waals surface area contributed by atoms with E-state index >= 15 is 0 Å². The minimum Gasteiger partial charge on any atom is -0.303 e. The molecule has 4 nitrogen and oxygen atoms in total. The molecule has 0 radical (unpaired) electrons. The lowest BCUT2D eigenvalue weighted by Crippen LogP contribution is -2.27. The second kappa shape index (κ2) is 7.20. The number of benzene rings is 1. The third kappa shape index (κ3) is 3.72. The zero-order valence-electron chi connectivity index (χ0n) is 12.1. The third-order valence-electron chi connectivity index (χ3n) is 3.41. The van der Waals surface area contributed by atoms with Gasteiger partial charge in [0.1, 0.15) is 0 Å². The van der Waals surface area contributed by atoms with Crippen molar-refractivity contribution in [2.45, 2.75) is 12.6 Å². The van der Waals surface area contributed by atoms with Crippen LogP contribution in [0.2, 0.25) is 5.02 Å². The van der Waals surface area contributed by atoms with Crippen LogP contribution in [-0.4, -0.2) is 21.3 Å². The lowest BCUT2D eigenvalue weighted by atomic mass is 10.0. The highest BCUT2D eigenvalue weighted by Gasteiger charge is 2.14. The van der Waals surface area contributed by atoms with E-state index in [1.165, 1.54) is 0 Å². The van der Waals surface area contributed by atoms with Crippen molar-refractivity contribution < 1.29 is 0 Å². The molecule has 0 fully saturated rings. The van der Waals surface area contributed by atoms with E-state index in [0.29, 0.717) is 0 Å². The zero-order chi connectivity index (χ0) is 15.2. The Kier molecular flexibility index (Phi) is 4.83. The Morgan fingerprint density at radius 2 is 2.05 bits per heavy atom. The molecule has 2 aromatic heterocycles. The van der Waals surface area contributed by atoms with E-state index in [0.717, 1.165) is 29.4 Å². The van der Waals surface area contributed by atoms with Gasteiger partial charge >= 0.3 is 0 Å². The highest BCUT2D eigenvalue weighted by atomic mass is 35.5. The van der Waals surface area contributed by atoms with Crippen LogP contribution in [0.15, 0.2) is 67.1 Å². The molecule has 0 aliphatic carbocycles. The average molecular weight is 313 g/mol. The summed E-state index contributed by atoms with van der Waals surface area (Å²) < 4.78 is 1.90. The fourth-order valence-electron chi connectivity index (χ4n) is 2.38. The number of nitrogens with zero attached hydrogens (tertiary/aromatic N) is 3. The van der Waals surface area contributed by atoms with Gasteiger partial charge in [-0.05, 0) is 35.9 Å². The number of rotatable bonds is 6. The smallest absolute Gasteiger partial charge is 0.0752 e. The van der Waals surface area contributed by atoms with Crippen LogP contribution in [0, 0.1) is 0 Å². The summed E-state index contributed by atoms with van der Waals surface area (Å²) in [4.78, 5) is 4.47. The van der Waals surface area contributed by atoms with Gasteiger partial charge in [-0.15, -0.1) is 0 Å². The molecule has 22 heavy (non-hydrogen) atoms. The SMILES string of the molecule is Clc1cccc(C(NCCn2cccn2)c2ccccn2)c1. The summed E-state index contributed by atoms with van der Waals surface area (Å²) in [5, 5.41) is 8.48. The first-order valence-electron chi connectivity index (χ1n) is 7.20. The van der Waals surface area contributed by atoms with E-state index in [1.807, 2.05) is 59.5 Å². The molecule has 5 heteroatoms. The molecular formula is C17H17ClN4. The number of hydrogen-bond acceptors (Lipinski definition) is 3. The summed E-state index contributed by atoms with van der Waals surface area (Å²) in [5.41, 5.74) is 2.08. The van der Waals surface area contributed by atoms with Crippen LogP contribution in [0.1, 0.15) is 17.3 Å². The predicted molar refractivity (Wildman–Crippen MR) is 87.8 cm³/mol. The second-order valence-corrected chi connectivity index (χ2v) is 5.40. The molecule has 1 atom stereocenters. The molecule has 2 heterocycles. The lowest BCUT2D eigenvalue weighted by Gasteiger charge is -2.19. The highest BCUT2D eigenvalue weighted by Crippen LogP contribution is 2.22. The quantitative estimate of drug-likeness (QED) is 0.759. The van der Waals surface area contributed by atoms with Gasteiger partial charge in [0, 0.05) is 30.2 Å². The zero-order valence-corrected chi connectivity index (χ0v) is 12.8. The Bertz CT molecular complexity index is 698. The number of pyridine rings is 1. The standard InChI is InChI=1S/C17H17ClN4/c18-15-6-3-5-14(13-15)17(16-7-1-2-8-19-16)20-10-12-22-11-4-9-21-22/h1-9,11,13,17,20H,10,12H2. The average Bonchev–Trinajstić information content (AvgIpc) is 3.06. The number of aromatic nitrogens is 3. The molecule has 3 aromatic rings. The predicted octanol–water partition coefficient (Wildman–Crippen LogP) is 3.31. The summed E-state index contributed by atoms with van der Waals surface area (Å²) in [7, 11) is 0. The molecule has 0 saturated heterocycles. The molecule has 0 amide bonds. The Morgan fingerprint density at radius 3 is 2.77 bits per heavy atom. The van der Waals surface area contributed by atoms with Crippen LogP contribution in [0.5, 0.6) is 0 Å². The van der Waals surface area contributed by atoms with Crippen molar-refractivity contribution in [3.05, 3.63) is 83.4 Å². The van der Waals surface area contributed by atoms with E-state index < -0.39 is 0 Å². The fraction of sp³-hybridized carbons (Fsp3) is 0.176. The van der Waals surface area contributed by atoms with Crippen molar-refractivity contribution in [1.82, 2.24) is 20.1 Å². The molecule has 1 aromatic carbocycles. The van der Waals surface area contributed by atoms with Gasteiger partial charge in [-0.2, -0.15) is 5.10 Å². The minimum absolute atomic E-state index is 0.00969. The molecule has 0 aliphatic rings. The van der Waals surface area contributed by atoms with Crippen LogP contribution in [0.4, 0.5) is 0 Å². The van der Waals surface area contributed by atoms with Crippen molar-refractivity contribution >= 4 is 11.6 Å². The van der Waals surface area contributed by atoms with Crippen LogP contribution in [0.3, 0.4) is 0 Å². The molecule has 3 rings (SSSR count). The summed E-state index contributed by atoms with van der Waals surface area (Å²) >= 11 is 6.13. The van der Waals surface area contributed by atoms with Gasteiger partial charge in [-0.3, -0.25) is 9.67 Å². The number of halogens is 1. The molecule has 0 saturated carbocycles. The Hall–Kier alpha value is -2.17. The van der Waals surface area contributed by atoms with Crippen molar-refractivity contribution in [1.29, 1.82) is 0 Å². The first kappa shape index (κ1) is 14.8. The molecule has 112 valence electrons. The van der Waals surface area contributed by atoms with Crippen molar-refractivity contribution in [3.63, 3.8) is 0 Å². The molecule has 0 spiro atoms. The molecule has 1 unspecified atom stereocenters. The van der Waals surface area contributed by atoms with E-state index in [-0.39, 0.29) is 6.04 Å². The largest absolute Gasteiger partial charge is 0.303 e. The van der Waals surface area contributed by atoms with E-state index in [2.05, 4.69) is 21.5 Å². The maximum absolute atomic E-state index is 6.13. The van der Waals surface area contributed by atoms with E-state index in [9.17, 15) is 0 Å². The third-order valence-corrected chi connectivity index (χ3v) is 3.65. The van der Waals surface area contributed by atoms with Crippen molar-refractivity contribution in [2.75, 3.05) is 6.54 Å². The second-order valence-electron chi connectivity index (χ2n) is 4.97. The maximum atomic E-state index is 6.13. The van der Waals surface area contributed by atoms with Gasteiger partial charge in [-0.25, -0.2) is 0 Å².